The molecular formula is C17H28N2O2S. The predicted molar refractivity (Wildman–Crippen MR) is 90.6 cm³/mol. The Hall–Kier alpha value is -0.910. The Morgan fingerprint density at radius 3 is 2.41 bits per heavy atom. The van der Waals surface area contributed by atoms with Crippen LogP contribution in [0.1, 0.15) is 46.1 Å². The van der Waals surface area contributed by atoms with Gasteiger partial charge < -0.3 is 0 Å². The van der Waals surface area contributed by atoms with Crippen LogP contribution in [0.5, 0.6) is 0 Å². The molecule has 1 aliphatic rings. The molecule has 1 saturated heterocycles. The molecule has 0 radical (unpaired) electrons. The first-order valence-electron chi connectivity index (χ1n) is 8.08. The number of hydrogen-bond donors (Lipinski definition) is 1. The second-order valence-corrected chi connectivity index (χ2v) is 8.82. The van der Waals surface area contributed by atoms with Gasteiger partial charge in [0, 0.05) is 12.6 Å². The topological polar surface area (TPSA) is 49.4 Å². The summed E-state index contributed by atoms with van der Waals surface area (Å²) < 4.78 is 27.6. The third kappa shape index (κ3) is 4.09. The molecule has 4 nitrogen and oxygen atoms in total. The molecule has 0 unspecified atom stereocenters. The van der Waals surface area contributed by atoms with E-state index in [-0.39, 0.29) is 5.41 Å². The van der Waals surface area contributed by atoms with E-state index in [1.165, 1.54) is 0 Å². The van der Waals surface area contributed by atoms with Gasteiger partial charge in [-0.15, -0.1) is 0 Å². The number of sulfonamides is 1. The zero-order chi connectivity index (χ0) is 16.4. The van der Waals surface area contributed by atoms with Crippen LogP contribution in [0.15, 0.2) is 29.2 Å². The number of nitrogens with zero attached hydrogens (tertiary/aromatic N) is 1. The third-order valence-electron chi connectivity index (χ3n) is 4.44. The van der Waals surface area contributed by atoms with Gasteiger partial charge in [-0.25, -0.2) is 13.1 Å². The van der Waals surface area contributed by atoms with Crippen molar-refractivity contribution in [3.63, 3.8) is 0 Å². The summed E-state index contributed by atoms with van der Waals surface area (Å²) in [7, 11) is -3.42. The van der Waals surface area contributed by atoms with E-state index in [0.717, 1.165) is 31.5 Å². The summed E-state index contributed by atoms with van der Waals surface area (Å²) in [5, 5.41) is 0. The lowest BCUT2D eigenvalue weighted by Crippen LogP contribution is -2.40. The molecule has 1 aromatic carbocycles. The van der Waals surface area contributed by atoms with Crippen LogP contribution in [-0.2, 0) is 15.4 Å². The maximum atomic E-state index is 12.4. The molecule has 0 saturated carbocycles. The maximum Gasteiger partial charge on any atom is 0.240 e. The fourth-order valence-electron chi connectivity index (χ4n) is 2.97. The second-order valence-electron chi connectivity index (χ2n) is 7.05. The number of rotatable bonds is 5. The molecule has 2 rings (SSSR count). The molecule has 5 heteroatoms. The van der Waals surface area contributed by atoms with Gasteiger partial charge in [0.05, 0.1) is 4.90 Å². The Labute approximate surface area is 135 Å². The van der Waals surface area contributed by atoms with Crippen molar-refractivity contribution in [2.24, 2.45) is 0 Å². The van der Waals surface area contributed by atoms with Gasteiger partial charge in [0.25, 0.3) is 0 Å². The highest BCUT2D eigenvalue weighted by atomic mass is 32.2. The zero-order valence-corrected chi connectivity index (χ0v) is 14.9. The highest BCUT2D eigenvalue weighted by Crippen LogP contribution is 2.23. The lowest BCUT2D eigenvalue weighted by Gasteiger charge is -2.23. The Bertz CT molecular complexity index is 588. The second kappa shape index (κ2) is 6.69. The van der Waals surface area contributed by atoms with E-state index in [1.807, 2.05) is 12.1 Å². The van der Waals surface area contributed by atoms with E-state index in [4.69, 9.17) is 0 Å². The monoisotopic (exact) mass is 324 g/mol. The maximum absolute atomic E-state index is 12.4. The summed E-state index contributed by atoms with van der Waals surface area (Å²) >= 11 is 0. The Morgan fingerprint density at radius 1 is 1.23 bits per heavy atom. The molecule has 1 fully saturated rings. The molecule has 1 N–H and O–H groups in total. The number of nitrogens with one attached hydrogen (secondary N) is 1. The summed E-state index contributed by atoms with van der Waals surface area (Å²) in [6.07, 6.45) is 2.22. The van der Waals surface area contributed by atoms with Crippen molar-refractivity contribution < 1.29 is 8.42 Å². The molecule has 0 aromatic heterocycles. The summed E-state index contributed by atoms with van der Waals surface area (Å²) in [6.45, 7) is 11.0. The van der Waals surface area contributed by atoms with Crippen LogP contribution in [-0.4, -0.2) is 39.0 Å². The Kier molecular flexibility index (Phi) is 5.30. The summed E-state index contributed by atoms with van der Waals surface area (Å²) in [5.74, 6) is 0. The molecule has 22 heavy (non-hydrogen) atoms. The van der Waals surface area contributed by atoms with Crippen molar-refractivity contribution >= 4 is 10.0 Å². The van der Waals surface area contributed by atoms with E-state index < -0.39 is 10.0 Å². The normalized spacial score (nSPS) is 20.5. The van der Waals surface area contributed by atoms with Crippen molar-refractivity contribution in [1.82, 2.24) is 9.62 Å². The molecule has 1 aliphatic heterocycles. The minimum atomic E-state index is -3.42. The first-order valence-corrected chi connectivity index (χ1v) is 9.56. The third-order valence-corrected chi connectivity index (χ3v) is 5.88. The van der Waals surface area contributed by atoms with Crippen molar-refractivity contribution in [2.45, 2.75) is 56.9 Å². The van der Waals surface area contributed by atoms with Gasteiger partial charge in [-0.3, -0.25) is 4.90 Å². The van der Waals surface area contributed by atoms with E-state index in [9.17, 15) is 8.42 Å². The predicted octanol–water partition coefficient (Wildman–Crippen LogP) is 2.75. The van der Waals surface area contributed by atoms with Gasteiger partial charge in [-0.1, -0.05) is 39.8 Å². The molecule has 0 amide bonds. The van der Waals surface area contributed by atoms with Crippen molar-refractivity contribution in [3.05, 3.63) is 29.8 Å². The lowest BCUT2D eigenvalue weighted by atomic mass is 9.87. The number of hydrogen-bond acceptors (Lipinski definition) is 3. The molecule has 0 bridgehead atoms. The smallest absolute Gasteiger partial charge is 0.240 e. The van der Waals surface area contributed by atoms with Crippen molar-refractivity contribution in [1.29, 1.82) is 0 Å². The van der Waals surface area contributed by atoms with Crippen LogP contribution >= 0.6 is 0 Å². The van der Waals surface area contributed by atoms with Crippen LogP contribution in [0.2, 0.25) is 0 Å². The number of benzene rings is 1. The van der Waals surface area contributed by atoms with Gasteiger partial charge in [-0.2, -0.15) is 0 Å². The van der Waals surface area contributed by atoms with Crippen LogP contribution in [0.4, 0.5) is 0 Å². The number of likely N-dealkylation sites (N-methyl/N-ethyl adjacent to an activating group) is 1. The highest BCUT2D eigenvalue weighted by molar-refractivity contribution is 7.89. The van der Waals surface area contributed by atoms with Gasteiger partial charge in [0.2, 0.25) is 10.0 Å². The molecule has 0 spiro atoms. The van der Waals surface area contributed by atoms with Gasteiger partial charge >= 0.3 is 0 Å². The van der Waals surface area contributed by atoms with Crippen LogP contribution < -0.4 is 4.72 Å². The average molecular weight is 324 g/mol. The zero-order valence-electron chi connectivity index (χ0n) is 14.1. The van der Waals surface area contributed by atoms with Crippen molar-refractivity contribution in [2.75, 3.05) is 19.6 Å². The minimum Gasteiger partial charge on any atom is -0.299 e. The standard InChI is InChI=1S/C17H28N2O2S/c1-5-19-12-6-7-15(19)13-18-22(20,21)16-10-8-14(9-11-16)17(2,3)4/h8-11,15,18H,5-7,12-13H2,1-4H3/t15-/m1/s1. The van der Waals surface area contributed by atoms with E-state index in [2.05, 4.69) is 37.3 Å². The van der Waals surface area contributed by atoms with Crippen LogP contribution in [0.25, 0.3) is 0 Å². The molecule has 0 aliphatic carbocycles. The summed E-state index contributed by atoms with van der Waals surface area (Å²) in [4.78, 5) is 2.69. The number of likely N-dealkylation sites (tertiary alicyclic amines) is 1. The Morgan fingerprint density at radius 2 is 1.86 bits per heavy atom. The first-order chi connectivity index (χ1) is 10.2. The molecule has 124 valence electrons. The highest BCUT2D eigenvalue weighted by Gasteiger charge is 2.25. The van der Waals surface area contributed by atoms with Crippen LogP contribution in [0, 0.1) is 0 Å². The van der Waals surface area contributed by atoms with Gasteiger partial charge in [0.1, 0.15) is 0 Å². The van der Waals surface area contributed by atoms with Gasteiger partial charge in [-0.05, 0) is 49.0 Å². The lowest BCUT2D eigenvalue weighted by molar-refractivity contribution is 0.268. The minimum absolute atomic E-state index is 0.0290. The van der Waals surface area contributed by atoms with Gasteiger partial charge in [0.15, 0.2) is 0 Å². The largest absolute Gasteiger partial charge is 0.299 e. The summed E-state index contributed by atoms with van der Waals surface area (Å²) in [6, 6.07) is 7.54. The first kappa shape index (κ1) is 17.4. The van der Waals surface area contributed by atoms with Crippen LogP contribution in [0.3, 0.4) is 0 Å². The SMILES string of the molecule is CCN1CCC[C@@H]1CNS(=O)(=O)c1ccc(C(C)(C)C)cc1. The van der Waals surface area contributed by atoms with E-state index >= 15 is 0 Å². The van der Waals surface area contributed by atoms with E-state index in [1.54, 1.807) is 12.1 Å². The van der Waals surface area contributed by atoms with Crippen molar-refractivity contribution in [3.8, 4) is 0 Å². The quantitative estimate of drug-likeness (QED) is 0.906. The Balaban J connectivity index is 2.04. The fourth-order valence-corrected chi connectivity index (χ4v) is 4.04. The molecule has 1 aromatic rings. The molecule has 1 atom stereocenters. The van der Waals surface area contributed by atoms with E-state index in [0.29, 0.717) is 17.5 Å². The molecule has 1 heterocycles. The average Bonchev–Trinajstić information content (AvgIpc) is 2.92. The fraction of sp³-hybridized carbons (Fsp3) is 0.647. The molecular weight excluding hydrogens is 296 g/mol. The summed E-state index contributed by atoms with van der Waals surface area (Å²) in [5.41, 5.74) is 1.17.